The molecule has 1 aromatic heterocycles. The fourth-order valence-electron chi connectivity index (χ4n) is 4.22. The number of rotatable bonds is 5. The van der Waals surface area contributed by atoms with Crippen LogP contribution in [0.3, 0.4) is 0 Å². The summed E-state index contributed by atoms with van der Waals surface area (Å²) in [5, 5.41) is 9.10. The number of nitrogens with zero attached hydrogens (tertiary/aromatic N) is 4. The molecule has 0 bridgehead atoms. The molecule has 0 spiro atoms. The Labute approximate surface area is 199 Å². The molecule has 1 N–H and O–H groups in total. The predicted molar refractivity (Wildman–Crippen MR) is 132 cm³/mol. The number of thiocarbonyl (C=S) groups is 1. The maximum absolute atomic E-state index is 13.5. The van der Waals surface area contributed by atoms with Crippen LogP contribution in [0.2, 0.25) is 5.02 Å². The maximum atomic E-state index is 13.5. The second-order valence-corrected chi connectivity index (χ2v) is 9.48. The van der Waals surface area contributed by atoms with E-state index in [0.29, 0.717) is 22.5 Å². The lowest BCUT2D eigenvalue weighted by molar-refractivity contribution is 0.205. The van der Waals surface area contributed by atoms with Gasteiger partial charge in [-0.05, 0) is 69.9 Å². The van der Waals surface area contributed by atoms with E-state index < -0.39 is 0 Å². The highest BCUT2D eigenvalue weighted by Crippen LogP contribution is 2.30. The summed E-state index contributed by atoms with van der Waals surface area (Å²) in [5.41, 5.74) is 1.12. The highest BCUT2D eigenvalue weighted by atomic mass is 35.5. The molecule has 1 aromatic carbocycles. The monoisotopic (exact) mass is 475 g/mol. The molecule has 2 aromatic rings. The normalized spacial score (nSPS) is 17.1. The Kier molecular flexibility index (Phi) is 7.20. The molecule has 0 atom stereocenters. The van der Waals surface area contributed by atoms with Crippen LogP contribution in [-0.4, -0.2) is 58.1 Å². The minimum absolute atomic E-state index is 0.0702. The van der Waals surface area contributed by atoms with E-state index in [9.17, 15) is 4.79 Å². The Hall–Kier alpha value is -2.32. The van der Waals surface area contributed by atoms with Crippen LogP contribution < -0.4 is 20.5 Å². The Morgan fingerprint density at radius 2 is 1.94 bits per heavy atom. The molecule has 4 rings (SSSR count). The quantitative estimate of drug-likeness (QED) is 0.663. The van der Waals surface area contributed by atoms with Crippen molar-refractivity contribution in [2.45, 2.75) is 51.7 Å². The zero-order valence-corrected chi connectivity index (χ0v) is 20.2. The molecule has 2 heterocycles. The van der Waals surface area contributed by atoms with Gasteiger partial charge in [-0.15, -0.1) is 0 Å². The average Bonchev–Trinajstić information content (AvgIpc) is 3.28. The Morgan fingerprint density at radius 1 is 1.22 bits per heavy atom. The van der Waals surface area contributed by atoms with Crippen LogP contribution >= 0.6 is 23.8 Å². The predicted octanol–water partition coefficient (Wildman–Crippen LogP) is 3.61. The largest absolute Gasteiger partial charge is 0.483 e. The van der Waals surface area contributed by atoms with Crippen molar-refractivity contribution in [2.75, 3.05) is 31.1 Å². The van der Waals surface area contributed by atoms with Gasteiger partial charge in [0.1, 0.15) is 5.69 Å². The third kappa shape index (κ3) is 5.18. The number of hydrogen-bond donors (Lipinski definition) is 1. The average molecular weight is 476 g/mol. The SMILES string of the molecule is CC(C)NC(=S)N1CCN(c2cnn(-c3cccc(Cl)c3)c(=O)c2OC2CCCC2)CC1. The summed E-state index contributed by atoms with van der Waals surface area (Å²) >= 11 is 11.7. The molecule has 7 nitrogen and oxygen atoms in total. The first-order valence-electron chi connectivity index (χ1n) is 11.3. The van der Waals surface area contributed by atoms with Gasteiger partial charge in [-0.25, -0.2) is 0 Å². The molecular weight excluding hydrogens is 446 g/mol. The van der Waals surface area contributed by atoms with E-state index in [1.165, 1.54) is 4.68 Å². The number of nitrogens with one attached hydrogen (secondary N) is 1. The lowest BCUT2D eigenvalue weighted by Gasteiger charge is -2.38. The van der Waals surface area contributed by atoms with Crippen LogP contribution in [0.1, 0.15) is 39.5 Å². The number of hydrogen-bond acceptors (Lipinski definition) is 5. The van der Waals surface area contributed by atoms with Gasteiger partial charge in [-0.1, -0.05) is 17.7 Å². The number of aromatic nitrogens is 2. The highest BCUT2D eigenvalue weighted by molar-refractivity contribution is 7.80. The van der Waals surface area contributed by atoms with Gasteiger partial charge in [0.25, 0.3) is 0 Å². The summed E-state index contributed by atoms with van der Waals surface area (Å²) in [6.45, 7) is 7.19. The summed E-state index contributed by atoms with van der Waals surface area (Å²) < 4.78 is 7.68. The van der Waals surface area contributed by atoms with Crippen molar-refractivity contribution in [2.24, 2.45) is 0 Å². The Balaban J connectivity index is 1.61. The molecule has 2 aliphatic rings. The highest BCUT2D eigenvalue weighted by Gasteiger charge is 2.27. The first-order chi connectivity index (χ1) is 15.4. The van der Waals surface area contributed by atoms with Crippen LogP contribution in [0.25, 0.3) is 5.69 Å². The number of halogens is 1. The van der Waals surface area contributed by atoms with Crippen molar-refractivity contribution < 1.29 is 4.74 Å². The molecule has 1 aliphatic carbocycles. The van der Waals surface area contributed by atoms with Crippen molar-refractivity contribution in [1.29, 1.82) is 0 Å². The van der Waals surface area contributed by atoms with Crippen molar-refractivity contribution in [3.8, 4) is 11.4 Å². The number of ether oxygens (including phenoxy) is 1. The maximum Gasteiger partial charge on any atom is 0.316 e. The van der Waals surface area contributed by atoms with Gasteiger partial charge in [0.05, 0.1) is 18.0 Å². The van der Waals surface area contributed by atoms with E-state index in [-0.39, 0.29) is 11.7 Å². The van der Waals surface area contributed by atoms with E-state index in [2.05, 4.69) is 34.1 Å². The molecule has 1 saturated carbocycles. The molecule has 9 heteroatoms. The number of piperazine rings is 1. The number of anilines is 1. The van der Waals surface area contributed by atoms with E-state index in [0.717, 1.165) is 62.7 Å². The first-order valence-corrected chi connectivity index (χ1v) is 12.1. The minimum Gasteiger partial charge on any atom is -0.483 e. The van der Waals surface area contributed by atoms with Crippen LogP contribution in [0.4, 0.5) is 5.69 Å². The van der Waals surface area contributed by atoms with Crippen molar-refractivity contribution in [3.05, 3.63) is 45.8 Å². The van der Waals surface area contributed by atoms with Crippen molar-refractivity contribution in [1.82, 2.24) is 20.0 Å². The molecule has 0 unspecified atom stereocenters. The first kappa shape index (κ1) is 22.9. The van der Waals surface area contributed by atoms with Gasteiger partial charge >= 0.3 is 5.56 Å². The van der Waals surface area contributed by atoms with Gasteiger partial charge in [0.15, 0.2) is 5.11 Å². The molecular formula is C23H30ClN5O2S. The van der Waals surface area contributed by atoms with Crippen molar-refractivity contribution in [3.63, 3.8) is 0 Å². The third-order valence-corrected chi connectivity index (χ3v) is 6.49. The molecule has 172 valence electrons. The summed E-state index contributed by atoms with van der Waals surface area (Å²) in [6.07, 6.45) is 6.02. The second-order valence-electron chi connectivity index (χ2n) is 8.66. The van der Waals surface area contributed by atoms with Gasteiger partial charge in [-0.3, -0.25) is 4.79 Å². The minimum atomic E-state index is -0.254. The lowest BCUT2D eigenvalue weighted by atomic mass is 10.2. The van der Waals surface area contributed by atoms with Crippen LogP contribution in [0, 0.1) is 0 Å². The van der Waals surface area contributed by atoms with Gasteiger partial charge in [0, 0.05) is 37.2 Å². The number of benzene rings is 1. The standard InChI is InChI=1S/C23H30ClN5O2S/c1-16(2)26-23(32)28-12-10-27(11-13-28)20-15-25-29(18-7-5-6-17(24)14-18)22(30)21(20)31-19-8-3-4-9-19/h5-7,14-16,19H,3-4,8-13H2,1-2H3,(H,26,32). The topological polar surface area (TPSA) is 62.6 Å². The van der Waals surface area contributed by atoms with Crippen molar-refractivity contribution >= 4 is 34.6 Å². The fraction of sp³-hybridized carbons (Fsp3) is 0.522. The Bertz CT molecular complexity index is 1010. The molecule has 1 aliphatic heterocycles. The Morgan fingerprint density at radius 3 is 2.59 bits per heavy atom. The molecule has 1 saturated heterocycles. The van der Waals surface area contributed by atoms with Gasteiger partial charge in [0.2, 0.25) is 5.75 Å². The molecule has 0 amide bonds. The van der Waals surface area contributed by atoms with Crippen LogP contribution in [0.5, 0.6) is 5.75 Å². The summed E-state index contributed by atoms with van der Waals surface area (Å²) in [7, 11) is 0. The second kappa shape index (κ2) is 10.1. The van der Waals surface area contributed by atoms with E-state index in [1.54, 1.807) is 18.3 Å². The summed E-state index contributed by atoms with van der Waals surface area (Å²) in [5.74, 6) is 0.378. The zero-order valence-electron chi connectivity index (χ0n) is 18.6. The fourth-order valence-corrected chi connectivity index (χ4v) is 4.82. The molecule has 32 heavy (non-hydrogen) atoms. The van der Waals surface area contributed by atoms with Gasteiger partial charge in [-0.2, -0.15) is 9.78 Å². The van der Waals surface area contributed by atoms with Crippen LogP contribution in [0.15, 0.2) is 35.3 Å². The van der Waals surface area contributed by atoms with E-state index in [4.69, 9.17) is 28.6 Å². The third-order valence-electron chi connectivity index (χ3n) is 5.87. The molecule has 2 fully saturated rings. The lowest BCUT2D eigenvalue weighted by Crippen LogP contribution is -2.53. The smallest absolute Gasteiger partial charge is 0.316 e. The summed E-state index contributed by atoms with van der Waals surface area (Å²) in [4.78, 5) is 17.8. The van der Waals surface area contributed by atoms with Crippen LogP contribution in [-0.2, 0) is 0 Å². The van der Waals surface area contributed by atoms with E-state index in [1.807, 2.05) is 12.1 Å². The van der Waals surface area contributed by atoms with Gasteiger partial charge < -0.3 is 19.9 Å². The molecule has 0 radical (unpaired) electrons. The summed E-state index contributed by atoms with van der Waals surface area (Å²) in [6, 6.07) is 7.44. The zero-order chi connectivity index (χ0) is 22.7. The van der Waals surface area contributed by atoms with E-state index >= 15 is 0 Å².